The van der Waals surface area contributed by atoms with Crippen molar-refractivity contribution in [1.82, 2.24) is 10.4 Å². The Morgan fingerprint density at radius 1 is 1.73 bits per heavy atom. The molecule has 1 unspecified atom stereocenters. The van der Waals surface area contributed by atoms with Gasteiger partial charge in [-0.05, 0) is 26.7 Å². The minimum atomic E-state index is 0.298. The predicted octanol–water partition coefficient (Wildman–Crippen LogP) is 2.18. The van der Waals surface area contributed by atoms with Crippen LogP contribution in [0.3, 0.4) is 0 Å². The molecular formula is C11H19N3S. The quantitative estimate of drug-likeness (QED) is 0.443. The number of nitrogens with zero attached hydrogens (tertiary/aromatic N) is 1. The number of aromatic nitrogens is 1. The standard InChI is InChI=1S/C11H19N3S/c1-8(2)4-5-10(14-12)6-11-13-9(3)7-15-11/h7,10,14H,1,4-6,12H2,2-3H3. The van der Waals surface area contributed by atoms with Gasteiger partial charge in [-0.2, -0.15) is 0 Å². The van der Waals surface area contributed by atoms with Crippen molar-refractivity contribution >= 4 is 11.3 Å². The minimum Gasteiger partial charge on any atom is -0.271 e. The van der Waals surface area contributed by atoms with E-state index in [1.54, 1.807) is 11.3 Å². The molecule has 0 amide bonds. The van der Waals surface area contributed by atoms with Crippen molar-refractivity contribution in [2.24, 2.45) is 5.84 Å². The van der Waals surface area contributed by atoms with Gasteiger partial charge in [0, 0.05) is 23.5 Å². The Labute approximate surface area is 95.4 Å². The third-order valence-corrected chi connectivity index (χ3v) is 3.23. The molecule has 0 fully saturated rings. The van der Waals surface area contributed by atoms with Gasteiger partial charge in [0.15, 0.2) is 0 Å². The molecule has 0 saturated carbocycles. The van der Waals surface area contributed by atoms with Gasteiger partial charge >= 0.3 is 0 Å². The van der Waals surface area contributed by atoms with Crippen LogP contribution in [0.1, 0.15) is 30.5 Å². The summed E-state index contributed by atoms with van der Waals surface area (Å²) >= 11 is 1.70. The molecule has 15 heavy (non-hydrogen) atoms. The normalized spacial score (nSPS) is 12.7. The topological polar surface area (TPSA) is 50.9 Å². The van der Waals surface area contributed by atoms with Crippen molar-refractivity contribution in [3.63, 3.8) is 0 Å². The summed E-state index contributed by atoms with van der Waals surface area (Å²) < 4.78 is 0. The maximum Gasteiger partial charge on any atom is 0.0944 e. The number of hydrogen-bond acceptors (Lipinski definition) is 4. The summed E-state index contributed by atoms with van der Waals surface area (Å²) in [7, 11) is 0. The van der Waals surface area contributed by atoms with Gasteiger partial charge in [-0.3, -0.25) is 11.3 Å². The van der Waals surface area contributed by atoms with Gasteiger partial charge < -0.3 is 0 Å². The first-order valence-electron chi connectivity index (χ1n) is 5.13. The van der Waals surface area contributed by atoms with Crippen LogP contribution in [0.4, 0.5) is 0 Å². The van der Waals surface area contributed by atoms with Crippen LogP contribution in [0, 0.1) is 6.92 Å². The van der Waals surface area contributed by atoms with Gasteiger partial charge in [0.2, 0.25) is 0 Å². The van der Waals surface area contributed by atoms with Crippen LogP contribution < -0.4 is 11.3 Å². The zero-order valence-electron chi connectivity index (χ0n) is 9.42. The van der Waals surface area contributed by atoms with Crippen LogP contribution >= 0.6 is 11.3 Å². The average molecular weight is 225 g/mol. The number of thiazole rings is 1. The van der Waals surface area contributed by atoms with Crippen LogP contribution in [-0.4, -0.2) is 11.0 Å². The summed E-state index contributed by atoms with van der Waals surface area (Å²) in [6.45, 7) is 7.95. The van der Waals surface area contributed by atoms with E-state index >= 15 is 0 Å². The van der Waals surface area contributed by atoms with Crippen molar-refractivity contribution in [3.8, 4) is 0 Å². The first-order valence-corrected chi connectivity index (χ1v) is 6.01. The SMILES string of the molecule is C=C(C)CCC(Cc1nc(C)cs1)NN. The predicted molar refractivity (Wildman–Crippen MR) is 65.7 cm³/mol. The Bertz CT molecular complexity index is 319. The first-order chi connectivity index (χ1) is 7.11. The molecule has 0 aliphatic carbocycles. The largest absolute Gasteiger partial charge is 0.271 e. The Morgan fingerprint density at radius 2 is 2.47 bits per heavy atom. The molecule has 3 N–H and O–H groups in total. The fourth-order valence-electron chi connectivity index (χ4n) is 1.37. The molecule has 1 aromatic rings. The van der Waals surface area contributed by atoms with E-state index in [0.717, 1.165) is 30.0 Å². The molecule has 1 aromatic heterocycles. The molecule has 0 bridgehead atoms. The molecule has 84 valence electrons. The number of rotatable bonds is 6. The zero-order chi connectivity index (χ0) is 11.3. The molecule has 0 aromatic carbocycles. The maximum absolute atomic E-state index is 5.51. The second-order valence-electron chi connectivity index (χ2n) is 3.95. The van der Waals surface area contributed by atoms with Crippen molar-refractivity contribution in [1.29, 1.82) is 0 Å². The van der Waals surface area contributed by atoms with Gasteiger partial charge in [0.1, 0.15) is 0 Å². The van der Waals surface area contributed by atoms with E-state index in [-0.39, 0.29) is 0 Å². The van der Waals surface area contributed by atoms with Crippen molar-refractivity contribution in [2.75, 3.05) is 0 Å². The van der Waals surface area contributed by atoms with E-state index < -0.39 is 0 Å². The molecule has 4 heteroatoms. The second kappa shape index (κ2) is 6.00. The maximum atomic E-state index is 5.51. The number of nitrogens with two attached hydrogens (primary N) is 1. The molecule has 1 rings (SSSR count). The fraction of sp³-hybridized carbons (Fsp3) is 0.545. The third-order valence-electron chi connectivity index (χ3n) is 2.24. The van der Waals surface area contributed by atoms with E-state index in [0.29, 0.717) is 6.04 Å². The molecule has 0 saturated heterocycles. The summed E-state index contributed by atoms with van der Waals surface area (Å²) in [5.41, 5.74) is 5.13. The van der Waals surface area contributed by atoms with E-state index in [4.69, 9.17) is 5.84 Å². The summed E-state index contributed by atoms with van der Waals surface area (Å²) in [6.07, 6.45) is 2.94. The fourth-order valence-corrected chi connectivity index (χ4v) is 2.23. The number of allylic oxidation sites excluding steroid dienone is 1. The molecule has 1 atom stereocenters. The van der Waals surface area contributed by atoms with Crippen LogP contribution in [0.2, 0.25) is 0 Å². The Kier molecular flexibility index (Phi) is 4.94. The monoisotopic (exact) mass is 225 g/mol. The van der Waals surface area contributed by atoms with E-state index in [1.807, 2.05) is 13.8 Å². The Hall–Kier alpha value is -0.710. The molecule has 0 spiro atoms. The van der Waals surface area contributed by atoms with E-state index in [2.05, 4.69) is 22.4 Å². The molecule has 1 heterocycles. The van der Waals surface area contributed by atoms with Crippen LogP contribution in [0.25, 0.3) is 0 Å². The summed E-state index contributed by atoms with van der Waals surface area (Å²) in [6, 6.07) is 0.298. The van der Waals surface area contributed by atoms with E-state index in [1.165, 1.54) is 5.57 Å². The molecule has 3 nitrogen and oxygen atoms in total. The molecular weight excluding hydrogens is 206 g/mol. The summed E-state index contributed by atoms with van der Waals surface area (Å²) in [4.78, 5) is 4.43. The third kappa shape index (κ3) is 4.55. The number of hydrazine groups is 1. The lowest BCUT2D eigenvalue weighted by Crippen LogP contribution is -2.36. The lowest BCUT2D eigenvalue weighted by Gasteiger charge is -2.13. The molecule has 0 aliphatic heterocycles. The van der Waals surface area contributed by atoms with Gasteiger partial charge in [-0.1, -0.05) is 5.57 Å². The number of hydrogen-bond donors (Lipinski definition) is 2. The van der Waals surface area contributed by atoms with Gasteiger partial charge in [-0.15, -0.1) is 17.9 Å². The van der Waals surface area contributed by atoms with Crippen LogP contribution in [0.15, 0.2) is 17.5 Å². The van der Waals surface area contributed by atoms with Crippen molar-refractivity contribution < 1.29 is 0 Å². The second-order valence-corrected chi connectivity index (χ2v) is 4.89. The minimum absolute atomic E-state index is 0.298. The zero-order valence-corrected chi connectivity index (χ0v) is 10.2. The first kappa shape index (κ1) is 12.4. The number of nitrogens with one attached hydrogen (secondary N) is 1. The van der Waals surface area contributed by atoms with Crippen molar-refractivity contribution in [3.05, 3.63) is 28.2 Å². The number of aryl methyl sites for hydroxylation is 1. The highest BCUT2D eigenvalue weighted by atomic mass is 32.1. The molecule has 0 aliphatic rings. The highest BCUT2D eigenvalue weighted by Crippen LogP contribution is 2.14. The van der Waals surface area contributed by atoms with Crippen LogP contribution in [-0.2, 0) is 6.42 Å². The summed E-state index contributed by atoms with van der Waals surface area (Å²) in [5.74, 6) is 5.51. The summed E-state index contributed by atoms with van der Waals surface area (Å²) in [5, 5.41) is 3.22. The van der Waals surface area contributed by atoms with Gasteiger partial charge in [0.05, 0.1) is 5.01 Å². The average Bonchev–Trinajstić information content (AvgIpc) is 2.58. The lowest BCUT2D eigenvalue weighted by molar-refractivity contribution is 0.490. The molecule has 0 radical (unpaired) electrons. The van der Waals surface area contributed by atoms with E-state index in [9.17, 15) is 0 Å². The Morgan fingerprint density at radius 3 is 2.93 bits per heavy atom. The highest BCUT2D eigenvalue weighted by molar-refractivity contribution is 7.09. The van der Waals surface area contributed by atoms with Crippen molar-refractivity contribution in [2.45, 2.75) is 39.2 Å². The highest BCUT2D eigenvalue weighted by Gasteiger charge is 2.09. The Balaban J connectivity index is 2.42. The van der Waals surface area contributed by atoms with Gasteiger partial charge in [-0.25, -0.2) is 4.98 Å². The lowest BCUT2D eigenvalue weighted by atomic mass is 10.1. The van der Waals surface area contributed by atoms with Crippen LogP contribution in [0.5, 0.6) is 0 Å². The smallest absolute Gasteiger partial charge is 0.0944 e. The van der Waals surface area contributed by atoms with Gasteiger partial charge in [0.25, 0.3) is 0 Å².